The largest absolute Gasteiger partial charge is 0.506 e. The topological polar surface area (TPSA) is 53.1 Å². The fourth-order valence-electron chi connectivity index (χ4n) is 1.01. The minimum atomic E-state index is 0.189. The van der Waals surface area contributed by atoms with Crippen LogP contribution in [0.15, 0.2) is 6.07 Å². The second kappa shape index (κ2) is 3.23. The summed E-state index contributed by atoms with van der Waals surface area (Å²) in [6, 6.07) is 1.44. The number of aromatic amines is 1. The maximum absolute atomic E-state index is 10.2. The second-order valence-corrected chi connectivity index (χ2v) is 2.46. The third-order valence-corrected chi connectivity index (χ3v) is 1.52. The van der Waals surface area contributed by atoms with Crippen molar-refractivity contribution < 1.29 is 9.90 Å². The lowest BCUT2D eigenvalue weighted by Gasteiger charge is -1.92. The average Bonchev–Trinajstić information content (AvgIpc) is 2.33. The summed E-state index contributed by atoms with van der Waals surface area (Å²) in [6.45, 7) is 2.01. The molecule has 0 fully saturated rings. The summed E-state index contributed by atoms with van der Waals surface area (Å²) in [6.07, 6.45) is 2.42. The molecule has 0 saturated heterocycles. The zero-order valence-corrected chi connectivity index (χ0v) is 6.42. The predicted octanol–water partition coefficient (Wildman–Crippen LogP) is 1.49. The normalized spacial score (nSPS) is 9.91. The first-order valence-electron chi connectivity index (χ1n) is 3.64. The van der Waals surface area contributed by atoms with Crippen LogP contribution in [0.25, 0.3) is 0 Å². The zero-order valence-electron chi connectivity index (χ0n) is 6.42. The van der Waals surface area contributed by atoms with E-state index in [1.54, 1.807) is 0 Å². The average molecular weight is 153 g/mol. The molecule has 1 aromatic rings. The Hall–Kier alpha value is -1.25. The predicted molar refractivity (Wildman–Crippen MR) is 41.8 cm³/mol. The molecule has 0 spiro atoms. The highest BCUT2D eigenvalue weighted by Gasteiger charge is 2.03. The lowest BCUT2D eigenvalue weighted by Crippen LogP contribution is -1.84. The molecule has 11 heavy (non-hydrogen) atoms. The number of aldehydes is 1. The third-order valence-electron chi connectivity index (χ3n) is 1.52. The number of carbonyl (C=O) groups excluding carboxylic acids is 1. The Morgan fingerprint density at radius 2 is 2.45 bits per heavy atom. The summed E-state index contributed by atoms with van der Waals surface area (Å²) >= 11 is 0. The molecular formula is C8H11NO2. The van der Waals surface area contributed by atoms with Crippen molar-refractivity contribution in [3.63, 3.8) is 0 Å². The second-order valence-electron chi connectivity index (χ2n) is 2.46. The molecule has 1 aromatic heterocycles. The van der Waals surface area contributed by atoms with Crippen LogP contribution < -0.4 is 0 Å². The van der Waals surface area contributed by atoms with Gasteiger partial charge in [-0.1, -0.05) is 13.3 Å². The molecule has 0 aromatic carbocycles. The molecule has 1 heterocycles. The monoisotopic (exact) mass is 153 g/mol. The Morgan fingerprint density at radius 1 is 1.73 bits per heavy atom. The third kappa shape index (κ3) is 1.61. The van der Waals surface area contributed by atoms with Gasteiger partial charge in [-0.15, -0.1) is 0 Å². The zero-order chi connectivity index (χ0) is 8.27. The van der Waals surface area contributed by atoms with Crippen LogP contribution in [0.5, 0.6) is 5.75 Å². The summed E-state index contributed by atoms with van der Waals surface area (Å²) in [5.41, 5.74) is 1.18. The first kappa shape index (κ1) is 7.85. The minimum absolute atomic E-state index is 0.189. The lowest BCUT2D eigenvalue weighted by molar-refractivity contribution is 0.111. The van der Waals surface area contributed by atoms with E-state index >= 15 is 0 Å². The fourth-order valence-corrected chi connectivity index (χ4v) is 1.01. The summed E-state index contributed by atoms with van der Waals surface area (Å²) in [4.78, 5) is 13.0. The number of nitrogens with one attached hydrogen (secondary N) is 1. The number of H-pyrrole nitrogens is 1. The lowest BCUT2D eigenvalue weighted by atomic mass is 10.2. The Bertz CT molecular complexity index is 253. The number of aromatic hydroxyl groups is 1. The van der Waals surface area contributed by atoms with E-state index in [4.69, 9.17) is 0 Å². The van der Waals surface area contributed by atoms with Gasteiger partial charge in [-0.05, 0) is 6.42 Å². The van der Waals surface area contributed by atoms with E-state index in [0.29, 0.717) is 12.0 Å². The highest BCUT2D eigenvalue weighted by Crippen LogP contribution is 2.18. The van der Waals surface area contributed by atoms with E-state index in [1.807, 2.05) is 6.92 Å². The summed E-state index contributed by atoms with van der Waals surface area (Å²) in [5, 5.41) is 9.20. The number of rotatable bonds is 3. The fraction of sp³-hybridized carbons (Fsp3) is 0.375. The van der Waals surface area contributed by atoms with Gasteiger partial charge >= 0.3 is 0 Å². The number of hydrogen-bond acceptors (Lipinski definition) is 2. The molecule has 1 rings (SSSR count). The van der Waals surface area contributed by atoms with Gasteiger partial charge < -0.3 is 10.1 Å². The van der Waals surface area contributed by atoms with Crippen molar-refractivity contribution in [2.45, 2.75) is 19.8 Å². The van der Waals surface area contributed by atoms with Gasteiger partial charge in [-0.25, -0.2) is 0 Å². The molecule has 0 unspecified atom stereocenters. The molecule has 3 nitrogen and oxygen atoms in total. The van der Waals surface area contributed by atoms with Crippen LogP contribution in [0.1, 0.15) is 29.5 Å². The van der Waals surface area contributed by atoms with Crippen molar-refractivity contribution in [3.05, 3.63) is 17.5 Å². The Labute approximate surface area is 65.1 Å². The van der Waals surface area contributed by atoms with Crippen molar-refractivity contribution in [2.24, 2.45) is 0 Å². The standard InChI is InChI=1S/C8H11NO2/c1-2-3-7-8(11)4-6(5-10)9-7/h4-5,9,11H,2-3H2,1H3. The van der Waals surface area contributed by atoms with Gasteiger partial charge in [0.05, 0.1) is 11.4 Å². The molecule has 3 heteroatoms. The smallest absolute Gasteiger partial charge is 0.166 e. The Balaban J connectivity index is 2.87. The molecule has 0 amide bonds. The van der Waals surface area contributed by atoms with Crippen LogP contribution in [-0.4, -0.2) is 16.4 Å². The quantitative estimate of drug-likeness (QED) is 0.646. The van der Waals surface area contributed by atoms with Crippen LogP contribution in [-0.2, 0) is 6.42 Å². The summed E-state index contributed by atoms with van der Waals surface area (Å²) < 4.78 is 0. The molecule has 2 N–H and O–H groups in total. The number of hydrogen-bond donors (Lipinski definition) is 2. The highest BCUT2D eigenvalue weighted by molar-refractivity contribution is 5.73. The van der Waals surface area contributed by atoms with E-state index < -0.39 is 0 Å². The maximum atomic E-state index is 10.2. The van der Waals surface area contributed by atoms with Gasteiger partial charge in [0.15, 0.2) is 6.29 Å². The van der Waals surface area contributed by atoms with Crippen molar-refractivity contribution in [2.75, 3.05) is 0 Å². The molecule has 0 aliphatic carbocycles. The first-order chi connectivity index (χ1) is 5.27. The molecule has 60 valence electrons. The summed E-state index contributed by atoms with van der Waals surface area (Å²) in [7, 11) is 0. The van der Waals surface area contributed by atoms with E-state index in [2.05, 4.69) is 4.98 Å². The van der Waals surface area contributed by atoms with Crippen LogP contribution >= 0.6 is 0 Å². The van der Waals surface area contributed by atoms with Gasteiger partial charge in [0.2, 0.25) is 0 Å². The van der Waals surface area contributed by atoms with Gasteiger partial charge in [0, 0.05) is 6.07 Å². The van der Waals surface area contributed by atoms with Gasteiger partial charge in [0.25, 0.3) is 0 Å². The molecule has 0 aliphatic heterocycles. The molecular weight excluding hydrogens is 142 g/mol. The van der Waals surface area contributed by atoms with Crippen LogP contribution in [0.4, 0.5) is 0 Å². The van der Waals surface area contributed by atoms with Gasteiger partial charge in [0.1, 0.15) is 5.75 Å². The van der Waals surface area contributed by atoms with Gasteiger partial charge in [-0.2, -0.15) is 0 Å². The Morgan fingerprint density at radius 3 is 2.91 bits per heavy atom. The van der Waals surface area contributed by atoms with Gasteiger partial charge in [-0.3, -0.25) is 4.79 Å². The molecule has 0 atom stereocenters. The van der Waals surface area contributed by atoms with Crippen molar-refractivity contribution >= 4 is 6.29 Å². The van der Waals surface area contributed by atoms with Crippen LogP contribution in [0.3, 0.4) is 0 Å². The number of aromatic nitrogens is 1. The summed E-state index contributed by atoms with van der Waals surface area (Å²) in [5.74, 6) is 0.189. The number of carbonyl (C=O) groups is 1. The van der Waals surface area contributed by atoms with E-state index in [9.17, 15) is 9.90 Å². The van der Waals surface area contributed by atoms with Crippen LogP contribution in [0.2, 0.25) is 0 Å². The molecule has 0 bridgehead atoms. The maximum Gasteiger partial charge on any atom is 0.166 e. The van der Waals surface area contributed by atoms with Crippen molar-refractivity contribution in [1.29, 1.82) is 0 Å². The molecule has 0 radical (unpaired) electrons. The first-order valence-corrected chi connectivity index (χ1v) is 3.64. The van der Waals surface area contributed by atoms with Crippen molar-refractivity contribution in [1.82, 2.24) is 4.98 Å². The van der Waals surface area contributed by atoms with Crippen LogP contribution in [0, 0.1) is 0 Å². The SMILES string of the molecule is CCCc1[nH]c(C=O)cc1O. The molecule has 0 aliphatic rings. The Kier molecular flexibility index (Phi) is 2.31. The van der Waals surface area contributed by atoms with Crippen molar-refractivity contribution in [3.8, 4) is 5.75 Å². The minimum Gasteiger partial charge on any atom is -0.506 e. The van der Waals surface area contributed by atoms with E-state index in [0.717, 1.165) is 18.5 Å². The molecule has 0 saturated carbocycles. The van der Waals surface area contributed by atoms with E-state index in [-0.39, 0.29) is 5.75 Å². The highest BCUT2D eigenvalue weighted by atomic mass is 16.3. The van der Waals surface area contributed by atoms with E-state index in [1.165, 1.54) is 6.07 Å². The number of aryl methyl sites for hydroxylation is 1.